The summed E-state index contributed by atoms with van der Waals surface area (Å²) in [5.41, 5.74) is 3.30. The normalized spacial score (nSPS) is 12.7. The van der Waals surface area contributed by atoms with Crippen LogP contribution in [-0.2, 0) is 24.0 Å². The van der Waals surface area contributed by atoms with E-state index in [4.69, 9.17) is 4.55 Å². The Kier molecular flexibility index (Phi) is 3.86. The Hall–Kier alpha value is -1.98. The summed E-state index contributed by atoms with van der Waals surface area (Å²) >= 11 is -1.91. The fourth-order valence-electron chi connectivity index (χ4n) is 2.49. The molecule has 0 saturated heterocycles. The fraction of sp³-hybridized carbons (Fsp3) is 0.188. The minimum atomic E-state index is -1.91. The van der Waals surface area contributed by atoms with Crippen molar-refractivity contribution in [1.82, 2.24) is 9.55 Å². The van der Waals surface area contributed by atoms with Crippen LogP contribution in [0.5, 0.6) is 0 Å². The topological polar surface area (TPSA) is 55.1 Å². The molecule has 1 aromatic heterocycles. The van der Waals surface area contributed by atoms with E-state index in [0.29, 0.717) is 4.90 Å². The van der Waals surface area contributed by atoms with Crippen molar-refractivity contribution >= 4 is 22.1 Å². The molecule has 4 nitrogen and oxygen atoms in total. The summed E-state index contributed by atoms with van der Waals surface area (Å²) in [6.45, 7) is 2.85. The molecule has 1 atom stereocenters. The highest BCUT2D eigenvalue weighted by Crippen LogP contribution is 2.16. The van der Waals surface area contributed by atoms with Gasteiger partial charge in [0.15, 0.2) is 11.1 Å². The van der Waals surface area contributed by atoms with Gasteiger partial charge in [-0.05, 0) is 43.2 Å². The average molecular weight is 300 g/mol. The molecule has 2 aromatic carbocycles. The molecule has 5 heteroatoms. The lowest BCUT2D eigenvalue weighted by Crippen LogP contribution is -2.03. The summed E-state index contributed by atoms with van der Waals surface area (Å²) in [4.78, 5) is 4.99. The van der Waals surface area contributed by atoms with Crippen LogP contribution in [0.1, 0.15) is 11.4 Å². The zero-order valence-electron chi connectivity index (χ0n) is 11.7. The molecule has 21 heavy (non-hydrogen) atoms. The van der Waals surface area contributed by atoms with Crippen LogP contribution in [0.4, 0.5) is 0 Å². The fourth-order valence-corrected chi connectivity index (χ4v) is 2.86. The van der Waals surface area contributed by atoms with Gasteiger partial charge in [0.2, 0.25) is 0 Å². The molecule has 0 aliphatic carbocycles. The molecule has 3 rings (SSSR count). The first kappa shape index (κ1) is 14.0. The molecular weight excluding hydrogens is 284 g/mol. The summed E-state index contributed by atoms with van der Waals surface area (Å²) in [5.74, 6) is 1.00. The van der Waals surface area contributed by atoms with E-state index in [2.05, 4.69) is 15.6 Å². The third kappa shape index (κ3) is 2.89. The smallest absolute Gasteiger partial charge is 0.186 e. The van der Waals surface area contributed by atoms with E-state index in [1.165, 1.54) is 0 Å². The van der Waals surface area contributed by atoms with Gasteiger partial charge in [0.05, 0.1) is 15.9 Å². The Morgan fingerprint density at radius 3 is 2.57 bits per heavy atom. The quantitative estimate of drug-likeness (QED) is 0.753. The van der Waals surface area contributed by atoms with Crippen LogP contribution in [-0.4, -0.2) is 18.3 Å². The van der Waals surface area contributed by atoms with E-state index in [0.717, 1.165) is 35.4 Å². The van der Waals surface area contributed by atoms with Crippen molar-refractivity contribution < 1.29 is 8.76 Å². The van der Waals surface area contributed by atoms with E-state index in [1.807, 2.05) is 37.3 Å². The number of aromatic nitrogens is 2. The van der Waals surface area contributed by atoms with Gasteiger partial charge in [0.1, 0.15) is 5.82 Å². The maximum atomic E-state index is 10.9. The number of aryl methyl sites for hydroxylation is 3. The van der Waals surface area contributed by atoms with Gasteiger partial charge in [-0.15, -0.1) is 0 Å². The lowest BCUT2D eigenvalue weighted by molar-refractivity contribution is 0.564. The van der Waals surface area contributed by atoms with E-state index >= 15 is 0 Å². The SMILES string of the molecule is Cc1nc2ccccc2n1CCc1ccc(S(=O)O)cc1. The van der Waals surface area contributed by atoms with E-state index < -0.39 is 11.1 Å². The molecule has 3 aromatic rings. The highest BCUT2D eigenvalue weighted by atomic mass is 32.2. The molecule has 0 amide bonds. The van der Waals surface area contributed by atoms with Crippen LogP contribution in [0.15, 0.2) is 53.4 Å². The van der Waals surface area contributed by atoms with Crippen LogP contribution < -0.4 is 0 Å². The lowest BCUT2D eigenvalue weighted by atomic mass is 10.1. The second-order valence-corrected chi connectivity index (χ2v) is 5.91. The van der Waals surface area contributed by atoms with Crippen LogP contribution in [0, 0.1) is 6.92 Å². The molecular formula is C16H16N2O2S. The molecule has 0 spiro atoms. The Morgan fingerprint density at radius 1 is 1.14 bits per heavy atom. The Morgan fingerprint density at radius 2 is 1.86 bits per heavy atom. The first-order valence-corrected chi connectivity index (χ1v) is 7.87. The first-order chi connectivity index (χ1) is 10.1. The minimum absolute atomic E-state index is 0.433. The van der Waals surface area contributed by atoms with Gasteiger partial charge in [0.25, 0.3) is 0 Å². The third-order valence-corrected chi connectivity index (χ3v) is 4.27. The van der Waals surface area contributed by atoms with Crippen LogP contribution in [0.2, 0.25) is 0 Å². The Balaban J connectivity index is 1.80. The molecule has 0 aliphatic rings. The number of fused-ring (bicyclic) bond motifs is 1. The molecule has 0 radical (unpaired) electrons. The zero-order chi connectivity index (χ0) is 14.8. The number of para-hydroxylation sites is 2. The molecule has 0 aliphatic heterocycles. The average Bonchev–Trinajstić information content (AvgIpc) is 2.81. The monoisotopic (exact) mass is 300 g/mol. The van der Waals surface area contributed by atoms with Crippen LogP contribution in [0.3, 0.4) is 0 Å². The van der Waals surface area contributed by atoms with E-state index in [-0.39, 0.29) is 0 Å². The number of hydrogen-bond donors (Lipinski definition) is 1. The highest BCUT2D eigenvalue weighted by molar-refractivity contribution is 7.79. The van der Waals surface area contributed by atoms with Gasteiger partial charge < -0.3 is 9.12 Å². The predicted molar refractivity (Wildman–Crippen MR) is 83.7 cm³/mol. The molecule has 0 fully saturated rings. The third-order valence-electron chi connectivity index (χ3n) is 3.59. The molecule has 1 N–H and O–H groups in total. The van der Waals surface area contributed by atoms with E-state index in [9.17, 15) is 4.21 Å². The first-order valence-electron chi connectivity index (χ1n) is 6.77. The second kappa shape index (κ2) is 5.79. The van der Waals surface area contributed by atoms with Crippen molar-refractivity contribution in [2.24, 2.45) is 0 Å². The van der Waals surface area contributed by atoms with Gasteiger partial charge in [-0.3, -0.25) is 0 Å². The van der Waals surface area contributed by atoms with Crippen molar-refractivity contribution in [2.45, 2.75) is 24.8 Å². The summed E-state index contributed by atoms with van der Waals surface area (Å²) in [6, 6.07) is 15.3. The largest absolute Gasteiger partial charge is 0.328 e. The van der Waals surface area contributed by atoms with Gasteiger partial charge in [-0.2, -0.15) is 0 Å². The minimum Gasteiger partial charge on any atom is -0.328 e. The standard InChI is InChI=1S/C16H16N2O2S/c1-12-17-15-4-2-3-5-16(15)18(12)11-10-13-6-8-14(9-7-13)21(19)20/h2-9H,10-11H2,1H3,(H,19,20). The van der Waals surface area contributed by atoms with Crippen LogP contribution >= 0.6 is 0 Å². The summed E-state index contributed by atoms with van der Waals surface area (Å²) in [5, 5.41) is 0. The van der Waals surface area contributed by atoms with Crippen molar-refractivity contribution in [3.05, 3.63) is 59.9 Å². The molecule has 1 heterocycles. The maximum absolute atomic E-state index is 10.9. The van der Waals surface area contributed by atoms with Crippen molar-refractivity contribution in [3.63, 3.8) is 0 Å². The number of rotatable bonds is 4. The number of benzene rings is 2. The van der Waals surface area contributed by atoms with Crippen molar-refractivity contribution in [3.8, 4) is 0 Å². The molecule has 0 bridgehead atoms. The summed E-state index contributed by atoms with van der Waals surface area (Å²) in [7, 11) is 0. The number of nitrogens with zero attached hydrogens (tertiary/aromatic N) is 2. The number of hydrogen-bond acceptors (Lipinski definition) is 2. The number of imidazole rings is 1. The lowest BCUT2D eigenvalue weighted by Gasteiger charge is -2.07. The van der Waals surface area contributed by atoms with Gasteiger partial charge in [0, 0.05) is 6.54 Å². The predicted octanol–water partition coefficient (Wildman–Crippen LogP) is 3.17. The van der Waals surface area contributed by atoms with Crippen molar-refractivity contribution in [2.75, 3.05) is 0 Å². The zero-order valence-corrected chi connectivity index (χ0v) is 12.5. The Labute approximate surface area is 125 Å². The highest BCUT2D eigenvalue weighted by Gasteiger charge is 2.06. The van der Waals surface area contributed by atoms with Crippen molar-refractivity contribution in [1.29, 1.82) is 0 Å². The Bertz CT molecular complexity index is 794. The second-order valence-electron chi connectivity index (χ2n) is 4.94. The van der Waals surface area contributed by atoms with Gasteiger partial charge in [-0.1, -0.05) is 24.3 Å². The van der Waals surface area contributed by atoms with Gasteiger partial charge >= 0.3 is 0 Å². The van der Waals surface area contributed by atoms with E-state index in [1.54, 1.807) is 12.1 Å². The maximum Gasteiger partial charge on any atom is 0.186 e. The molecule has 1 unspecified atom stereocenters. The van der Waals surface area contributed by atoms with Crippen LogP contribution in [0.25, 0.3) is 11.0 Å². The summed E-state index contributed by atoms with van der Waals surface area (Å²) in [6.07, 6.45) is 0.861. The summed E-state index contributed by atoms with van der Waals surface area (Å²) < 4.78 is 22.2. The molecule has 0 saturated carbocycles. The van der Waals surface area contributed by atoms with Gasteiger partial charge in [-0.25, -0.2) is 9.19 Å². The molecule has 108 valence electrons.